The van der Waals surface area contributed by atoms with Crippen LogP contribution < -0.4 is 11.1 Å². The van der Waals surface area contributed by atoms with Crippen LogP contribution >= 0.6 is 0 Å². The van der Waals surface area contributed by atoms with Gasteiger partial charge in [-0.15, -0.1) is 0 Å². The van der Waals surface area contributed by atoms with E-state index in [1.807, 2.05) is 24.4 Å². The SMILES string of the molecule is NCCCCNCc1ccccn1. The predicted molar refractivity (Wildman–Crippen MR) is 54.2 cm³/mol. The Hall–Kier alpha value is -0.930. The van der Waals surface area contributed by atoms with Gasteiger partial charge in [0.25, 0.3) is 0 Å². The molecule has 1 heterocycles. The summed E-state index contributed by atoms with van der Waals surface area (Å²) in [5, 5.41) is 3.32. The summed E-state index contributed by atoms with van der Waals surface area (Å²) in [6.07, 6.45) is 4.05. The number of aromatic nitrogens is 1. The summed E-state index contributed by atoms with van der Waals surface area (Å²) in [6.45, 7) is 2.66. The largest absolute Gasteiger partial charge is 0.330 e. The van der Waals surface area contributed by atoms with Crippen molar-refractivity contribution in [3.63, 3.8) is 0 Å². The maximum Gasteiger partial charge on any atom is 0.0541 e. The first-order valence-corrected chi connectivity index (χ1v) is 4.74. The van der Waals surface area contributed by atoms with Gasteiger partial charge in [0.15, 0.2) is 0 Å². The molecular weight excluding hydrogens is 162 g/mol. The fraction of sp³-hybridized carbons (Fsp3) is 0.500. The topological polar surface area (TPSA) is 50.9 Å². The number of pyridine rings is 1. The van der Waals surface area contributed by atoms with Crippen LogP contribution in [0.25, 0.3) is 0 Å². The van der Waals surface area contributed by atoms with Crippen molar-refractivity contribution < 1.29 is 0 Å². The minimum atomic E-state index is 0.783. The van der Waals surface area contributed by atoms with Gasteiger partial charge in [-0.3, -0.25) is 4.98 Å². The average molecular weight is 179 g/mol. The maximum absolute atomic E-state index is 5.38. The van der Waals surface area contributed by atoms with Crippen LogP contribution in [-0.2, 0) is 6.54 Å². The van der Waals surface area contributed by atoms with E-state index in [2.05, 4.69) is 10.3 Å². The molecule has 3 N–H and O–H groups in total. The maximum atomic E-state index is 5.38. The first-order chi connectivity index (χ1) is 6.43. The highest BCUT2D eigenvalue weighted by Gasteiger charge is 1.91. The van der Waals surface area contributed by atoms with E-state index in [0.29, 0.717) is 0 Å². The molecule has 13 heavy (non-hydrogen) atoms. The zero-order chi connectivity index (χ0) is 9.36. The Morgan fingerprint density at radius 2 is 2.23 bits per heavy atom. The van der Waals surface area contributed by atoms with Crippen molar-refractivity contribution in [1.82, 2.24) is 10.3 Å². The van der Waals surface area contributed by atoms with Gasteiger partial charge in [-0.1, -0.05) is 6.07 Å². The van der Waals surface area contributed by atoms with Gasteiger partial charge in [0.1, 0.15) is 0 Å². The lowest BCUT2D eigenvalue weighted by atomic mass is 10.3. The van der Waals surface area contributed by atoms with Crippen molar-refractivity contribution in [2.24, 2.45) is 5.73 Å². The zero-order valence-electron chi connectivity index (χ0n) is 7.87. The fourth-order valence-electron chi connectivity index (χ4n) is 1.11. The highest BCUT2D eigenvalue weighted by molar-refractivity contribution is 5.02. The lowest BCUT2D eigenvalue weighted by Crippen LogP contribution is -2.16. The third-order valence-corrected chi connectivity index (χ3v) is 1.84. The molecule has 1 aromatic heterocycles. The number of nitrogens with zero attached hydrogens (tertiary/aromatic N) is 1. The van der Waals surface area contributed by atoms with Crippen molar-refractivity contribution in [3.05, 3.63) is 30.1 Å². The summed E-state index contributed by atoms with van der Waals surface area (Å²) in [7, 11) is 0. The van der Waals surface area contributed by atoms with Gasteiger partial charge in [-0.2, -0.15) is 0 Å². The van der Waals surface area contributed by atoms with E-state index in [4.69, 9.17) is 5.73 Å². The molecule has 0 radical (unpaired) electrons. The summed E-state index contributed by atoms with van der Waals surface area (Å²) >= 11 is 0. The molecule has 3 heteroatoms. The van der Waals surface area contributed by atoms with E-state index in [9.17, 15) is 0 Å². The van der Waals surface area contributed by atoms with Crippen LogP contribution in [0, 0.1) is 0 Å². The van der Waals surface area contributed by atoms with Gasteiger partial charge >= 0.3 is 0 Å². The van der Waals surface area contributed by atoms with E-state index < -0.39 is 0 Å². The van der Waals surface area contributed by atoms with Crippen LogP contribution in [0.2, 0.25) is 0 Å². The van der Waals surface area contributed by atoms with E-state index >= 15 is 0 Å². The van der Waals surface area contributed by atoms with Crippen molar-refractivity contribution >= 4 is 0 Å². The predicted octanol–water partition coefficient (Wildman–Crippen LogP) is 0.910. The molecule has 1 rings (SSSR count). The normalized spacial score (nSPS) is 10.2. The van der Waals surface area contributed by atoms with Gasteiger partial charge in [0.05, 0.1) is 5.69 Å². The van der Waals surface area contributed by atoms with Crippen molar-refractivity contribution in [2.45, 2.75) is 19.4 Å². The number of hydrogen-bond acceptors (Lipinski definition) is 3. The van der Waals surface area contributed by atoms with Gasteiger partial charge in [-0.25, -0.2) is 0 Å². The Morgan fingerprint density at radius 3 is 2.92 bits per heavy atom. The first kappa shape index (κ1) is 10.2. The molecule has 0 aliphatic carbocycles. The van der Waals surface area contributed by atoms with Crippen molar-refractivity contribution in [3.8, 4) is 0 Å². The number of rotatable bonds is 6. The quantitative estimate of drug-likeness (QED) is 0.638. The van der Waals surface area contributed by atoms with Gasteiger partial charge in [0, 0.05) is 12.7 Å². The van der Waals surface area contributed by atoms with Gasteiger partial charge in [-0.05, 0) is 38.1 Å². The summed E-state index contributed by atoms with van der Waals surface area (Å²) in [5.74, 6) is 0. The number of nitrogens with two attached hydrogens (primary N) is 1. The lowest BCUT2D eigenvalue weighted by Gasteiger charge is -2.02. The summed E-state index contributed by atoms with van der Waals surface area (Å²) in [5.41, 5.74) is 6.47. The van der Waals surface area contributed by atoms with Crippen LogP contribution in [-0.4, -0.2) is 18.1 Å². The smallest absolute Gasteiger partial charge is 0.0541 e. The third-order valence-electron chi connectivity index (χ3n) is 1.84. The summed E-state index contributed by atoms with van der Waals surface area (Å²) < 4.78 is 0. The summed E-state index contributed by atoms with van der Waals surface area (Å²) in [4.78, 5) is 4.21. The van der Waals surface area contributed by atoms with E-state index in [1.54, 1.807) is 0 Å². The molecule has 0 aromatic carbocycles. The molecular formula is C10H17N3. The Labute approximate surface area is 79.4 Å². The van der Waals surface area contributed by atoms with Crippen LogP contribution in [0.3, 0.4) is 0 Å². The second kappa shape index (κ2) is 6.57. The molecule has 0 aliphatic rings. The zero-order valence-corrected chi connectivity index (χ0v) is 7.87. The first-order valence-electron chi connectivity index (χ1n) is 4.74. The molecule has 0 atom stereocenters. The van der Waals surface area contributed by atoms with Crippen molar-refractivity contribution in [2.75, 3.05) is 13.1 Å². The van der Waals surface area contributed by atoms with Crippen LogP contribution in [0.5, 0.6) is 0 Å². The van der Waals surface area contributed by atoms with E-state index in [-0.39, 0.29) is 0 Å². The Balaban J connectivity index is 2.07. The number of unbranched alkanes of at least 4 members (excludes halogenated alkanes) is 1. The van der Waals surface area contributed by atoms with Crippen LogP contribution in [0.1, 0.15) is 18.5 Å². The summed E-state index contributed by atoms with van der Waals surface area (Å²) in [6, 6.07) is 5.96. The highest BCUT2D eigenvalue weighted by Crippen LogP contribution is 1.92. The molecule has 3 nitrogen and oxygen atoms in total. The average Bonchev–Trinajstić information content (AvgIpc) is 2.19. The fourth-order valence-corrected chi connectivity index (χ4v) is 1.11. The van der Waals surface area contributed by atoms with Crippen LogP contribution in [0.15, 0.2) is 24.4 Å². The molecule has 1 aromatic rings. The molecule has 0 unspecified atom stereocenters. The van der Waals surface area contributed by atoms with Gasteiger partial charge < -0.3 is 11.1 Å². The molecule has 0 amide bonds. The molecule has 0 fully saturated rings. The third kappa shape index (κ3) is 4.60. The molecule has 0 saturated heterocycles. The second-order valence-corrected chi connectivity index (χ2v) is 2.99. The molecule has 0 bridgehead atoms. The van der Waals surface area contributed by atoms with E-state index in [1.165, 1.54) is 0 Å². The minimum Gasteiger partial charge on any atom is -0.330 e. The molecule has 0 spiro atoms. The van der Waals surface area contributed by atoms with Crippen molar-refractivity contribution in [1.29, 1.82) is 0 Å². The molecule has 0 saturated carbocycles. The monoisotopic (exact) mass is 179 g/mol. The standard InChI is InChI=1S/C10H17N3/c11-6-2-4-7-12-9-10-5-1-3-8-13-10/h1,3,5,8,12H,2,4,6-7,9,11H2. The van der Waals surface area contributed by atoms with Crippen LogP contribution in [0.4, 0.5) is 0 Å². The van der Waals surface area contributed by atoms with E-state index in [0.717, 1.165) is 38.2 Å². The Bertz CT molecular complexity index is 211. The molecule has 72 valence electrons. The lowest BCUT2D eigenvalue weighted by molar-refractivity contribution is 0.621. The second-order valence-electron chi connectivity index (χ2n) is 2.99. The Kier molecular flexibility index (Phi) is 5.13. The molecule has 0 aliphatic heterocycles. The Morgan fingerprint density at radius 1 is 1.31 bits per heavy atom. The minimum absolute atomic E-state index is 0.783. The number of hydrogen-bond donors (Lipinski definition) is 2. The highest BCUT2D eigenvalue weighted by atomic mass is 14.9. The number of nitrogens with one attached hydrogen (secondary N) is 1. The van der Waals surface area contributed by atoms with Gasteiger partial charge in [0.2, 0.25) is 0 Å².